The first-order valence-corrected chi connectivity index (χ1v) is 6.26. The van der Waals surface area contributed by atoms with Crippen LogP contribution in [0.3, 0.4) is 0 Å². The summed E-state index contributed by atoms with van der Waals surface area (Å²) in [6, 6.07) is 7.76. The predicted molar refractivity (Wildman–Crippen MR) is 81.1 cm³/mol. The second kappa shape index (κ2) is 5.21. The number of hydrogen-bond acceptors (Lipinski definition) is 4. The fourth-order valence-electron chi connectivity index (χ4n) is 2.16. The second-order valence-electron chi connectivity index (χ2n) is 4.84. The highest BCUT2D eigenvalue weighted by atomic mass is 16.1. The molecular formula is C15H18N4O. The molecule has 5 nitrogen and oxygen atoms in total. The van der Waals surface area contributed by atoms with Gasteiger partial charge in [-0.1, -0.05) is 17.7 Å². The summed E-state index contributed by atoms with van der Waals surface area (Å²) >= 11 is 0. The van der Waals surface area contributed by atoms with Gasteiger partial charge >= 0.3 is 0 Å². The van der Waals surface area contributed by atoms with Gasteiger partial charge in [0.25, 0.3) is 5.91 Å². The number of amides is 1. The largest absolute Gasteiger partial charge is 0.397 e. The van der Waals surface area contributed by atoms with Crippen molar-refractivity contribution in [2.45, 2.75) is 13.8 Å². The van der Waals surface area contributed by atoms with E-state index in [1.54, 1.807) is 6.07 Å². The Morgan fingerprint density at radius 1 is 1.25 bits per heavy atom. The molecule has 0 fully saturated rings. The fraction of sp³-hybridized carbons (Fsp3) is 0.200. The van der Waals surface area contributed by atoms with Gasteiger partial charge in [0.05, 0.1) is 17.4 Å². The maximum Gasteiger partial charge on any atom is 0.250 e. The van der Waals surface area contributed by atoms with Crippen LogP contribution >= 0.6 is 0 Å². The summed E-state index contributed by atoms with van der Waals surface area (Å²) in [5, 5.41) is 0. The van der Waals surface area contributed by atoms with E-state index >= 15 is 0 Å². The number of nitrogen functional groups attached to an aromatic ring is 1. The van der Waals surface area contributed by atoms with Gasteiger partial charge in [0.15, 0.2) is 0 Å². The van der Waals surface area contributed by atoms with Crippen LogP contribution in [0.5, 0.6) is 0 Å². The number of hydrogen-bond donors (Lipinski definition) is 2. The smallest absolute Gasteiger partial charge is 0.250 e. The van der Waals surface area contributed by atoms with Gasteiger partial charge in [-0.2, -0.15) is 0 Å². The second-order valence-corrected chi connectivity index (χ2v) is 4.84. The topological polar surface area (TPSA) is 85.2 Å². The van der Waals surface area contributed by atoms with E-state index in [-0.39, 0.29) is 11.3 Å². The van der Waals surface area contributed by atoms with Gasteiger partial charge in [-0.15, -0.1) is 0 Å². The number of nitrogens with zero attached hydrogens (tertiary/aromatic N) is 2. The van der Waals surface area contributed by atoms with Gasteiger partial charge in [-0.25, -0.2) is 4.98 Å². The first kappa shape index (κ1) is 13.9. The average molecular weight is 270 g/mol. The van der Waals surface area contributed by atoms with E-state index in [9.17, 15) is 4.79 Å². The Morgan fingerprint density at radius 2 is 1.95 bits per heavy atom. The number of aromatic nitrogens is 1. The van der Waals surface area contributed by atoms with Crippen molar-refractivity contribution in [3.63, 3.8) is 0 Å². The SMILES string of the molecule is Cc1ccc(N(C)c2cc(C(N)=O)c(N)cn2)c(C)c1. The Kier molecular flexibility index (Phi) is 3.61. The van der Waals surface area contributed by atoms with Crippen molar-refractivity contribution in [1.29, 1.82) is 0 Å². The molecule has 0 aliphatic rings. The molecule has 0 aliphatic carbocycles. The number of carbonyl (C=O) groups excluding carboxylic acids is 1. The Bertz CT molecular complexity index is 667. The molecule has 5 heteroatoms. The average Bonchev–Trinajstić information content (AvgIpc) is 2.38. The van der Waals surface area contributed by atoms with E-state index in [1.807, 2.05) is 37.9 Å². The van der Waals surface area contributed by atoms with E-state index in [0.717, 1.165) is 11.3 Å². The molecule has 20 heavy (non-hydrogen) atoms. The third kappa shape index (κ3) is 2.56. The number of pyridine rings is 1. The maximum absolute atomic E-state index is 11.3. The summed E-state index contributed by atoms with van der Waals surface area (Å²) in [5.74, 6) is 0.0696. The van der Waals surface area contributed by atoms with E-state index in [2.05, 4.69) is 11.1 Å². The monoisotopic (exact) mass is 270 g/mol. The number of benzene rings is 1. The van der Waals surface area contributed by atoms with Crippen molar-refractivity contribution in [1.82, 2.24) is 4.98 Å². The highest BCUT2D eigenvalue weighted by Gasteiger charge is 2.13. The molecule has 0 bridgehead atoms. The zero-order valence-corrected chi connectivity index (χ0v) is 11.8. The Labute approximate surface area is 118 Å². The third-order valence-corrected chi connectivity index (χ3v) is 3.24. The zero-order valence-electron chi connectivity index (χ0n) is 11.8. The summed E-state index contributed by atoms with van der Waals surface area (Å²) in [6.45, 7) is 4.08. The predicted octanol–water partition coefficient (Wildman–Crippen LogP) is 2.15. The van der Waals surface area contributed by atoms with Gasteiger partial charge < -0.3 is 16.4 Å². The summed E-state index contributed by atoms with van der Waals surface area (Å²) in [5.41, 5.74) is 14.9. The van der Waals surface area contributed by atoms with Crippen molar-refractivity contribution in [2.75, 3.05) is 17.7 Å². The normalized spacial score (nSPS) is 10.3. The minimum Gasteiger partial charge on any atom is -0.397 e. The molecule has 1 aromatic heterocycles. The van der Waals surface area contributed by atoms with Crippen LogP contribution in [0.1, 0.15) is 21.5 Å². The number of anilines is 3. The summed E-state index contributed by atoms with van der Waals surface area (Å²) in [4.78, 5) is 17.5. The molecule has 0 atom stereocenters. The number of carbonyl (C=O) groups is 1. The minimum atomic E-state index is -0.555. The number of rotatable bonds is 3. The van der Waals surface area contributed by atoms with Crippen molar-refractivity contribution in [2.24, 2.45) is 5.73 Å². The molecule has 0 spiro atoms. The molecule has 0 saturated carbocycles. The van der Waals surface area contributed by atoms with Gasteiger partial charge in [-0.05, 0) is 31.5 Å². The Morgan fingerprint density at radius 3 is 2.55 bits per heavy atom. The van der Waals surface area contributed by atoms with Crippen LogP contribution in [-0.2, 0) is 0 Å². The van der Waals surface area contributed by atoms with E-state index < -0.39 is 5.91 Å². The molecule has 1 heterocycles. The van der Waals surface area contributed by atoms with Gasteiger partial charge in [-0.3, -0.25) is 4.79 Å². The Hall–Kier alpha value is -2.56. The molecule has 2 aromatic rings. The molecular weight excluding hydrogens is 252 g/mol. The molecule has 4 N–H and O–H groups in total. The number of aryl methyl sites for hydroxylation is 2. The van der Waals surface area contributed by atoms with E-state index in [0.29, 0.717) is 5.82 Å². The zero-order chi connectivity index (χ0) is 14.9. The lowest BCUT2D eigenvalue weighted by atomic mass is 10.1. The van der Waals surface area contributed by atoms with Crippen LogP contribution in [0.15, 0.2) is 30.5 Å². The molecule has 0 unspecified atom stereocenters. The summed E-state index contributed by atoms with van der Waals surface area (Å²) < 4.78 is 0. The van der Waals surface area contributed by atoms with Crippen LogP contribution in [0.2, 0.25) is 0 Å². The van der Waals surface area contributed by atoms with Gasteiger partial charge in [0, 0.05) is 12.7 Å². The highest BCUT2D eigenvalue weighted by Crippen LogP contribution is 2.27. The minimum absolute atomic E-state index is 0.284. The molecule has 104 valence electrons. The molecule has 0 radical (unpaired) electrons. The lowest BCUT2D eigenvalue weighted by Crippen LogP contribution is -2.17. The van der Waals surface area contributed by atoms with E-state index in [1.165, 1.54) is 11.8 Å². The van der Waals surface area contributed by atoms with Crippen LogP contribution < -0.4 is 16.4 Å². The number of primary amides is 1. The molecule has 1 aromatic carbocycles. The van der Waals surface area contributed by atoms with Gasteiger partial charge in [0.1, 0.15) is 5.82 Å². The summed E-state index contributed by atoms with van der Waals surface area (Å²) in [7, 11) is 1.89. The fourth-order valence-corrected chi connectivity index (χ4v) is 2.16. The third-order valence-electron chi connectivity index (χ3n) is 3.24. The van der Waals surface area contributed by atoms with Crippen molar-refractivity contribution in [3.8, 4) is 0 Å². The molecule has 1 amide bonds. The molecule has 0 saturated heterocycles. The van der Waals surface area contributed by atoms with Crippen molar-refractivity contribution >= 4 is 23.1 Å². The van der Waals surface area contributed by atoms with Crippen molar-refractivity contribution in [3.05, 3.63) is 47.2 Å². The summed E-state index contributed by atoms with van der Waals surface area (Å²) in [6.07, 6.45) is 1.45. The van der Waals surface area contributed by atoms with Gasteiger partial charge in [0.2, 0.25) is 0 Å². The lowest BCUT2D eigenvalue weighted by Gasteiger charge is -2.21. The maximum atomic E-state index is 11.3. The van der Waals surface area contributed by atoms with Crippen molar-refractivity contribution < 1.29 is 4.79 Å². The van der Waals surface area contributed by atoms with Crippen LogP contribution in [0, 0.1) is 13.8 Å². The highest BCUT2D eigenvalue weighted by molar-refractivity contribution is 5.98. The van der Waals surface area contributed by atoms with Crippen LogP contribution in [0.25, 0.3) is 0 Å². The molecule has 0 aliphatic heterocycles. The lowest BCUT2D eigenvalue weighted by molar-refractivity contribution is 0.100. The van der Waals surface area contributed by atoms with E-state index in [4.69, 9.17) is 11.5 Å². The van der Waals surface area contributed by atoms with Crippen LogP contribution in [-0.4, -0.2) is 17.9 Å². The number of nitrogens with two attached hydrogens (primary N) is 2. The first-order chi connectivity index (χ1) is 9.40. The first-order valence-electron chi connectivity index (χ1n) is 6.26. The standard InChI is InChI=1S/C15H18N4O/c1-9-4-5-13(10(2)6-9)19(3)14-7-11(15(17)20)12(16)8-18-14/h4-8H,16H2,1-3H3,(H2,17,20). The Balaban J connectivity index is 2.45. The quantitative estimate of drug-likeness (QED) is 0.894. The van der Waals surface area contributed by atoms with Crippen LogP contribution in [0.4, 0.5) is 17.2 Å². The molecule has 2 rings (SSSR count).